The predicted molar refractivity (Wildman–Crippen MR) is 118 cm³/mol. The quantitative estimate of drug-likeness (QED) is 0.567. The monoisotopic (exact) mass is 442 g/mol. The lowest BCUT2D eigenvalue weighted by Gasteiger charge is -2.23. The number of benzene rings is 1. The molecule has 0 aliphatic carbocycles. The number of halogens is 1. The lowest BCUT2D eigenvalue weighted by atomic mass is 9.92. The van der Waals surface area contributed by atoms with Crippen molar-refractivity contribution in [2.45, 2.75) is 76.3 Å². The molecule has 0 amide bonds. The number of aromatic nitrogens is 1. The zero-order valence-electron chi connectivity index (χ0n) is 18.0. The predicted octanol–water partition coefficient (Wildman–Crippen LogP) is 4.92. The van der Waals surface area contributed by atoms with E-state index < -0.39 is 21.7 Å². The fourth-order valence-corrected chi connectivity index (χ4v) is 5.25. The SMILES string of the molecule is CC(N=S(N)(=O)c1cnc(C(C)(C)O)s1)Nc1c(C(C)C)cc(F)cc1C(C)C. The first-order valence-corrected chi connectivity index (χ1v) is 11.9. The molecule has 0 spiro atoms. The molecule has 162 valence electrons. The summed E-state index contributed by atoms with van der Waals surface area (Å²) in [5, 5.41) is 19.8. The molecule has 9 heteroatoms. The second-order valence-corrected chi connectivity index (χ2v) is 11.4. The minimum absolute atomic E-state index is 0.0935. The van der Waals surface area contributed by atoms with Crippen LogP contribution in [-0.4, -0.2) is 20.5 Å². The number of nitrogens with two attached hydrogens (primary N) is 1. The Morgan fingerprint density at radius 3 is 2.14 bits per heavy atom. The lowest BCUT2D eigenvalue weighted by molar-refractivity contribution is 0.0783. The van der Waals surface area contributed by atoms with Gasteiger partial charge in [-0.05, 0) is 55.9 Å². The van der Waals surface area contributed by atoms with E-state index in [2.05, 4.69) is 14.7 Å². The van der Waals surface area contributed by atoms with Crippen molar-refractivity contribution in [2.75, 3.05) is 5.32 Å². The van der Waals surface area contributed by atoms with Gasteiger partial charge in [0, 0.05) is 5.69 Å². The zero-order valence-corrected chi connectivity index (χ0v) is 19.6. The summed E-state index contributed by atoms with van der Waals surface area (Å²) >= 11 is 1.08. The molecular weight excluding hydrogens is 411 g/mol. The average molecular weight is 443 g/mol. The number of aliphatic hydroxyl groups is 1. The van der Waals surface area contributed by atoms with Crippen LogP contribution in [0.25, 0.3) is 0 Å². The van der Waals surface area contributed by atoms with Crippen molar-refractivity contribution in [3.63, 3.8) is 0 Å². The van der Waals surface area contributed by atoms with Crippen LogP contribution in [0, 0.1) is 5.82 Å². The molecule has 4 N–H and O–H groups in total. The van der Waals surface area contributed by atoms with Crippen LogP contribution in [0.4, 0.5) is 10.1 Å². The Hall–Kier alpha value is -1.55. The fraction of sp³-hybridized carbons (Fsp3) is 0.550. The van der Waals surface area contributed by atoms with E-state index in [0.29, 0.717) is 9.22 Å². The van der Waals surface area contributed by atoms with E-state index in [1.165, 1.54) is 18.3 Å². The number of rotatable bonds is 7. The van der Waals surface area contributed by atoms with Crippen LogP contribution in [0.3, 0.4) is 0 Å². The van der Waals surface area contributed by atoms with E-state index in [9.17, 15) is 13.7 Å². The van der Waals surface area contributed by atoms with Crippen LogP contribution in [-0.2, 0) is 15.5 Å². The van der Waals surface area contributed by atoms with E-state index in [-0.39, 0.29) is 17.7 Å². The topological polar surface area (TPSA) is 101 Å². The minimum Gasteiger partial charge on any atom is -0.383 e. The van der Waals surface area contributed by atoms with E-state index in [1.807, 2.05) is 27.7 Å². The largest absolute Gasteiger partial charge is 0.383 e. The first kappa shape index (κ1) is 23.7. The molecule has 1 aromatic heterocycles. The highest BCUT2D eigenvalue weighted by molar-refractivity contribution is 7.93. The van der Waals surface area contributed by atoms with Crippen LogP contribution in [0.2, 0.25) is 0 Å². The first-order chi connectivity index (χ1) is 13.2. The Bertz CT molecular complexity index is 958. The van der Waals surface area contributed by atoms with E-state index >= 15 is 0 Å². The summed E-state index contributed by atoms with van der Waals surface area (Å²) < 4.78 is 31.7. The van der Waals surface area contributed by atoms with Crippen LogP contribution in [0.5, 0.6) is 0 Å². The summed E-state index contributed by atoms with van der Waals surface area (Å²) in [6, 6.07) is 3.04. The molecule has 2 atom stereocenters. The molecule has 2 rings (SSSR count). The van der Waals surface area contributed by atoms with Gasteiger partial charge in [-0.25, -0.2) is 18.7 Å². The van der Waals surface area contributed by atoms with Gasteiger partial charge in [-0.15, -0.1) is 11.3 Å². The van der Waals surface area contributed by atoms with Crippen molar-refractivity contribution < 1.29 is 13.7 Å². The summed E-state index contributed by atoms with van der Waals surface area (Å²) in [5.41, 5.74) is 1.32. The van der Waals surface area contributed by atoms with Crippen molar-refractivity contribution in [1.29, 1.82) is 0 Å². The normalized spacial score (nSPS) is 15.4. The number of hydrogen-bond acceptors (Lipinski definition) is 6. The Kier molecular flexibility index (Phi) is 7.09. The number of thiazole rings is 1. The maximum Gasteiger partial charge on any atom is 0.148 e. The summed E-state index contributed by atoms with van der Waals surface area (Å²) in [6.45, 7) is 12.9. The second-order valence-electron chi connectivity index (χ2n) is 8.31. The van der Waals surface area contributed by atoms with Crippen molar-refractivity contribution in [2.24, 2.45) is 9.50 Å². The Balaban J connectivity index is 2.43. The van der Waals surface area contributed by atoms with Crippen molar-refractivity contribution in [3.8, 4) is 0 Å². The van der Waals surface area contributed by atoms with Crippen molar-refractivity contribution in [1.82, 2.24) is 4.98 Å². The third-order valence-electron chi connectivity index (χ3n) is 4.37. The summed E-state index contributed by atoms with van der Waals surface area (Å²) in [6.07, 6.45) is 0.814. The Morgan fingerprint density at radius 2 is 1.72 bits per heavy atom. The molecule has 6 nitrogen and oxygen atoms in total. The summed E-state index contributed by atoms with van der Waals surface area (Å²) in [5.74, 6) is -0.0917. The average Bonchev–Trinajstić information content (AvgIpc) is 3.06. The number of nitrogens with zero attached hydrogens (tertiary/aromatic N) is 2. The Labute approximate surface area is 177 Å². The van der Waals surface area contributed by atoms with Crippen LogP contribution in [0.15, 0.2) is 26.9 Å². The van der Waals surface area contributed by atoms with Gasteiger partial charge in [-0.3, -0.25) is 0 Å². The molecule has 2 unspecified atom stereocenters. The number of anilines is 1. The molecule has 0 aliphatic rings. The number of nitrogens with one attached hydrogen (secondary N) is 1. The molecule has 2 aromatic rings. The van der Waals surface area contributed by atoms with Crippen LogP contribution in [0.1, 0.15) is 76.4 Å². The highest BCUT2D eigenvalue weighted by Crippen LogP contribution is 2.34. The first-order valence-electron chi connectivity index (χ1n) is 9.55. The molecule has 0 saturated carbocycles. The van der Waals surface area contributed by atoms with Crippen LogP contribution >= 0.6 is 11.3 Å². The van der Waals surface area contributed by atoms with E-state index in [0.717, 1.165) is 28.2 Å². The van der Waals surface area contributed by atoms with Crippen molar-refractivity contribution >= 4 is 26.9 Å². The number of hydrogen-bond donors (Lipinski definition) is 3. The summed E-state index contributed by atoms with van der Waals surface area (Å²) in [7, 11) is -3.21. The van der Waals surface area contributed by atoms with E-state index in [1.54, 1.807) is 20.8 Å². The van der Waals surface area contributed by atoms with E-state index in [4.69, 9.17) is 5.14 Å². The van der Waals surface area contributed by atoms with Gasteiger partial charge in [0.25, 0.3) is 0 Å². The second kappa shape index (κ2) is 8.67. The van der Waals surface area contributed by atoms with Gasteiger partial charge in [-0.2, -0.15) is 4.36 Å². The molecule has 0 fully saturated rings. The minimum atomic E-state index is -3.21. The maximum atomic E-state index is 14.1. The molecule has 0 saturated heterocycles. The maximum absolute atomic E-state index is 14.1. The third kappa shape index (κ3) is 5.75. The Morgan fingerprint density at radius 1 is 1.21 bits per heavy atom. The third-order valence-corrected chi connectivity index (χ3v) is 7.75. The molecule has 0 radical (unpaired) electrons. The van der Waals surface area contributed by atoms with Gasteiger partial charge < -0.3 is 10.4 Å². The van der Waals surface area contributed by atoms with Gasteiger partial charge in [-0.1, -0.05) is 27.7 Å². The highest BCUT2D eigenvalue weighted by atomic mass is 32.2. The van der Waals surface area contributed by atoms with Gasteiger partial charge in [0.15, 0.2) is 0 Å². The molecule has 0 bridgehead atoms. The molecule has 1 aromatic carbocycles. The molecular formula is C20H31FN4O2S2. The summed E-state index contributed by atoms with van der Waals surface area (Å²) in [4.78, 5) is 4.12. The van der Waals surface area contributed by atoms with Gasteiger partial charge >= 0.3 is 0 Å². The van der Waals surface area contributed by atoms with Gasteiger partial charge in [0.1, 0.15) is 36.7 Å². The molecule has 0 aliphatic heterocycles. The van der Waals surface area contributed by atoms with Gasteiger partial charge in [0.05, 0.1) is 6.20 Å². The van der Waals surface area contributed by atoms with Crippen LogP contribution < -0.4 is 10.5 Å². The fourth-order valence-electron chi connectivity index (χ4n) is 2.93. The standard InChI is InChI=1S/C20H31FN4O2S2/c1-11(2)15-8-14(21)9-16(12(3)4)18(15)24-13(5)25-29(22,27)17-10-23-19(28-17)20(6,7)26/h8-13,24,26H,1-7H3,(H2,22,25,27). The zero-order chi connectivity index (χ0) is 22.1. The molecule has 1 heterocycles. The van der Waals surface area contributed by atoms with Gasteiger partial charge in [0.2, 0.25) is 0 Å². The van der Waals surface area contributed by atoms with Crippen molar-refractivity contribution in [3.05, 3.63) is 40.3 Å². The smallest absolute Gasteiger partial charge is 0.148 e. The molecule has 29 heavy (non-hydrogen) atoms. The lowest BCUT2D eigenvalue weighted by Crippen LogP contribution is -2.21. The highest BCUT2D eigenvalue weighted by Gasteiger charge is 2.24.